The first-order valence-corrected chi connectivity index (χ1v) is 4.67. The summed E-state index contributed by atoms with van der Waals surface area (Å²) >= 11 is 0. The van der Waals surface area contributed by atoms with Crippen molar-refractivity contribution in [3.8, 4) is 0 Å². The SMILES string of the molecule is CC(N)C(=O)NC(C)C1CCC1. The van der Waals surface area contributed by atoms with Gasteiger partial charge in [0.2, 0.25) is 5.91 Å². The van der Waals surface area contributed by atoms with Gasteiger partial charge in [-0.25, -0.2) is 0 Å². The Kier molecular flexibility index (Phi) is 3.09. The summed E-state index contributed by atoms with van der Waals surface area (Å²) in [5.74, 6) is 0.655. The van der Waals surface area contributed by atoms with Crippen molar-refractivity contribution in [3.05, 3.63) is 0 Å². The first kappa shape index (κ1) is 9.52. The molecule has 70 valence electrons. The maximum atomic E-state index is 11.2. The van der Waals surface area contributed by atoms with Crippen molar-refractivity contribution in [1.82, 2.24) is 5.32 Å². The second-order valence-electron chi connectivity index (χ2n) is 3.78. The van der Waals surface area contributed by atoms with Crippen molar-refractivity contribution < 1.29 is 4.79 Å². The van der Waals surface area contributed by atoms with Crippen LogP contribution in [0, 0.1) is 5.92 Å². The van der Waals surface area contributed by atoms with E-state index in [2.05, 4.69) is 12.2 Å². The molecular weight excluding hydrogens is 152 g/mol. The van der Waals surface area contributed by atoms with Crippen LogP contribution in [0.1, 0.15) is 33.1 Å². The van der Waals surface area contributed by atoms with Gasteiger partial charge < -0.3 is 11.1 Å². The van der Waals surface area contributed by atoms with Gasteiger partial charge in [-0.1, -0.05) is 6.42 Å². The lowest BCUT2D eigenvalue weighted by Crippen LogP contribution is -2.46. The highest BCUT2D eigenvalue weighted by molar-refractivity contribution is 5.81. The molecule has 2 unspecified atom stereocenters. The standard InChI is InChI=1S/C9H18N2O/c1-6(10)9(12)11-7(2)8-4-3-5-8/h6-8H,3-5,10H2,1-2H3,(H,11,12). The van der Waals surface area contributed by atoms with E-state index >= 15 is 0 Å². The molecule has 0 aliphatic heterocycles. The normalized spacial score (nSPS) is 22.6. The number of amides is 1. The van der Waals surface area contributed by atoms with Gasteiger partial charge in [-0.3, -0.25) is 4.79 Å². The van der Waals surface area contributed by atoms with E-state index < -0.39 is 0 Å². The smallest absolute Gasteiger partial charge is 0.236 e. The van der Waals surface area contributed by atoms with Gasteiger partial charge in [0.15, 0.2) is 0 Å². The second kappa shape index (κ2) is 3.90. The Balaban J connectivity index is 2.24. The minimum Gasteiger partial charge on any atom is -0.352 e. The van der Waals surface area contributed by atoms with Gasteiger partial charge in [0.1, 0.15) is 0 Å². The molecule has 1 fully saturated rings. The molecule has 1 aliphatic rings. The minimum absolute atomic E-state index is 0.0330. The van der Waals surface area contributed by atoms with Gasteiger partial charge in [0.05, 0.1) is 6.04 Å². The monoisotopic (exact) mass is 170 g/mol. The zero-order valence-corrected chi connectivity index (χ0v) is 7.84. The first-order valence-electron chi connectivity index (χ1n) is 4.67. The van der Waals surface area contributed by atoms with E-state index in [9.17, 15) is 4.79 Å². The Labute approximate surface area is 73.7 Å². The Hall–Kier alpha value is -0.570. The zero-order valence-electron chi connectivity index (χ0n) is 7.84. The van der Waals surface area contributed by atoms with Crippen LogP contribution in [-0.4, -0.2) is 18.0 Å². The Morgan fingerprint density at radius 3 is 2.42 bits per heavy atom. The van der Waals surface area contributed by atoms with Crippen molar-refractivity contribution in [3.63, 3.8) is 0 Å². The molecule has 2 atom stereocenters. The van der Waals surface area contributed by atoms with Crippen LogP contribution in [0.25, 0.3) is 0 Å². The fourth-order valence-corrected chi connectivity index (χ4v) is 1.41. The van der Waals surface area contributed by atoms with Gasteiger partial charge in [0.25, 0.3) is 0 Å². The quantitative estimate of drug-likeness (QED) is 0.653. The molecule has 1 amide bonds. The van der Waals surface area contributed by atoms with Crippen LogP contribution in [0.15, 0.2) is 0 Å². The van der Waals surface area contributed by atoms with Crippen molar-refractivity contribution >= 4 is 5.91 Å². The molecule has 0 aromatic rings. The molecule has 0 aromatic carbocycles. The summed E-state index contributed by atoms with van der Waals surface area (Å²) in [5, 5.41) is 2.92. The van der Waals surface area contributed by atoms with E-state index in [-0.39, 0.29) is 11.9 Å². The summed E-state index contributed by atoms with van der Waals surface area (Å²) in [7, 11) is 0. The zero-order chi connectivity index (χ0) is 9.14. The maximum Gasteiger partial charge on any atom is 0.236 e. The highest BCUT2D eigenvalue weighted by atomic mass is 16.2. The molecule has 0 saturated heterocycles. The van der Waals surface area contributed by atoms with Gasteiger partial charge in [-0.15, -0.1) is 0 Å². The Morgan fingerprint density at radius 1 is 1.50 bits per heavy atom. The number of hydrogen-bond acceptors (Lipinski definition) is 2. The number of hydrogen-bond donors (Lipinski definition) is 2. The third-order valence-electron chi connectivity index (χ3n) is 2.64. The number of nitrogens with one attached hydrogen (secondary N) is 1. The molecule has 0 aromatic heterocycles. The van der Waals surface area contributed by atoms with Gasteiger partial charge >= 0.3 is 0 Å². The fraction of sp³-hybridized carbons (Fsp3) is 0.889. The molecular formula is C9H18N2O. The minimum atomic E-state index is -0.382. The molecule has 12 heavy (non-hydrogen) atoms. The third-order valence-corrected chi connectivity index (χ3v) is 2.64. The van der Waals surface area contributed by atoms with Crippen LogP contribution in [0.2, 0.25) is 0 Å². The lowest BCUT2D eigenvalue weighted by atomic mass is 9.80. The molecule has 0 heterocycles. The van der Waals surface area contributed by atoms with Gasteiger partial charge in [-0.05, 0) is 32.6 Å². The number of rotatable bonds is 3. The molecule has 3 nitrogen and oxygen atoms in total. The summed E-state index contributed by atoms with van der Waals surface area (Å²) in [5.41, 5.74) is 5.43. The van der Waals surface area contributed by atoms with Gasteiger partial charge in [0, 0.05) is 6.04 Å². The predicted molar refractivity (Wildman–Crippen MR) is 48.6 cm³/mol. The first-order chi connectivity index (χ1) is 5.61. The lowest BCUT2D eigenvalue weighted by molar-refractivity contribution is -0.123. The lowest BCUT2D eigenvalue weighted by Gasteiger charge is -2.32. The highest BCUT2D eigenvalue weighted by Gasteiger charge is 2.25. The van der Waals surface area contributed by atoms with Crippen LogP contribution in [0.5, 0.6) is 0 Å². The number of nitrogens with two attached hydrogens (primary N) is 1. The molecule has 3 heteroatoms. The van der Waals surface area contributed by atoms with Crippen LogP contribution in [0.3, 0.4) is 0 Å². The second-order valence-corrected chi connectivity index (χ2v) is 3.78. The molecule has 1 aliphatic carbocycles. The van der Waals surface area contributed by atoms with E-state index in [4.69, 9.17) is 5.73 Å². The fourth-order valence-electron chi connectivity index (χ4n) is 1.41. The summed E-state index contributed by atoms with van der Waals surface area (Å²) in [6.07, 6.45) is 3.81. The van der Waals surface area contributed by atoms with Crippen molar-refractivity contribution in [2.45, 2.75) is 45.2 Å². The van der Waals surface area contributed by atoms with E-state index in [1.807, 2.05) is 0 Å². The van der Waals surface area contributed by atoms with Crippen LogP contribution < -0.4 is 11.1 Å². The summed E-state index contributed by atoms with van der Waals surface area (Å²) in [6.45, 7) is 3.77. The molecule has 0 radical (unpaired) electrons. The molecule has 0 bridgehead atoms. The van der Waals surface area contributed by atoms with E-state index in [0.717, 1.165) is 0 Å². The summed E-state index contributed by atoms with van der Waals surface area (Å²) in [6, 6.07) is -0.0789. The van der Waals surface area contributed by atoms with Crippen molar-refractivity contribution in [2.24, 2.45) is 11.7 Å². The van der Waals surface area contributed by atoms with Crippen LogP contribution in [-0.2, 0) is 4.79 Å². The average Bonchev–Trinajstić information content (AvgIpc) is 1.82. The molecule has 3 N–H and O–H groups in total. The van der Waals surface area contributed by atoms with Crippen molar-refractivity contribution in [1.29, 1.82) is 0 Å². The molecule has 1 saturated carbocycles. The average molecular weight is 170 g/mol. The molecule has 1 rings (SSSR count). The van der Waals surface area contributed by atoms with Gasteiger partial charge in [-0.2, -0.15) is 0 Å². The van der Waals surface area contributed by atoms with E-state index in [1.165, 1.54) is 19.3 Å². The topological polar surface area (TPSA) is 55.1 Å². The molecule has 0 spiro atoms. The van der Waals surface area contributed by atoms with E-state index in [1.54, 1.807) is 6.92 Å². The van der Waals surface area contributed by atoms with E-state index in [0.29, 0.717) is 12.0 Å². The Morgan fingerprint density at radius 2 is 2.08 bits per heavy atom. The Bertz CT molecular complexity index is 164. The van der Waals surface area contributed by atoms with Crippen LogP contribution >= 0.6 is 0 Å². The summed E-state index contributed by atoms with van der Waals surface area (Å²) in [4.78, 5) is 11.2. The largest absolute Gasteiger partial charge is 0.352 e. The predicted octanol–water partition coefficient (Wildman–Crippen LogP) is 0.638. The number of carbonyl (C=O) groups excluding carboxylic acids is 1. The highest BCUT2D eigenvalue weighted by Crippen LogP contribution is 2.29. The maximum absolute atomic E-state index is 11.2. The number of carbonyl (C=O) groups is 1. The third kappa shape index (κ3) is 2.21. The van der Waals surface area contributed by atoms with Crippen molar-refractivity contribution in [2.75, 3.05) is 0 Å². The van der Waals surface area contributed by atoms with Crippen LogP contribution in [0.4, 0.5) is 0 Å². The summed E-state index contributed by atoms with van der Waals surface area (Å²) < 4.78 is 0.